The summed E-state index contributed by atoms with van der Waals surface area (Å²) < 4.78 is 0. The summed E-state index contributed by atoms with van der Waals surface area (Å²) in [5, 5.41) is 5.68. The van der Waals surface area contributed by atoms with Gasteiger partial charge < -0.3 is 11.1 Å². The maximum absolute atomic E-state index is 6.19. The first-order chi connectivity index (χ1) is 8.08. The smallest absolute Gasteiger partial charge is 0.0630 e. The van der Waals surface area contributed by atoms with E-state index in [0.29, 0.717) is 11.5 Å². The molecule has 3 N–H and O–H groups in total. The number of nitrogens with zero attached hydrogens (tertiary/aromatic N) is 1. The van der Waals surface area contributed by atoms with E-state index in [2.05, 4.69) is 30.2 Å². The van der Waals surface area contributed by atoms with Crippen molar-refractivity contribution in [1.29, 1.82) is 0 Å². The van der Waals surface area contributed by atoms with E-state index in [1.165, 1.54) is 6.42 Å². The lowest BCUT2D eigenvalue weighted by Crippen LogP contribution is -2.10. The van der Waals surface area contributed by atoms with E-state index >= 15 is 0 Å². The number of hydrogen-bond donors (Lipinski definition) is 2. The number of anilines is 2. The maximum atomic E-state index is 6.19. The second-order valence-electron chi connectivity index (χ2n) is 5.51. The summed E-state index contributed by atoms with van der Waals surface area (Å²) in [4.78, 5) is 4.10. The minimum atomic E-state index is 0.402. The number of rotatable bonds is 2. The van der Waals surface area contributed by atoms with Crippen LogP contribution in [0.1, 0.15) is 20.3 Å². The van der Waals surface area contributed by atoms with Crippen LogP contribution >= 0.6 is 0 Å². The van der Waals surface area contributed by atoms with E-state index in [4.69, 9.17) is 5.73 Å². The molecule has 0 radical (unpaired) electrons. The zero-order valence-corrected chi connectivity index (χ0v) is 10.2. The third-order valence-corrected chi connectivity index (χ3v) is 3.70. The fourth-order valence-electron chi connectivity index (χ4n) is 2.22. The van der Waals surface area contributed by atoms with Gasteiger partial charge in [0.25, 0.3) is 0 Å². The van der Waals surface area contributed by atoms with E-state index in [-0.39, 0.29) is 0 Å². The van der Waals surface area contributed by atoms with Gasteiger partial charge in [-0.3, -0.25) is 4.98 Å². The maximum Gasteiger partial charge on any atom is 0.0630 e. The molecule has 3 nitrogen and oxygen atoms in total. The standard InChI is InChI=1S/C14H17N3/c1-14(2)7-12(14)17-11-4-3-9-8-16-6-5-10(9)13(11)15/h3-6,8,12,17H,7,15H2,1-2H3. The highest BCUT2D eigenvalue weighted by Gasteiger charge is 2.45. The van der Waals surface area contributed by atoms with Crippen LogP contribution in [0.4, 0.5) is 11.4 Å². The van der Waals surface area contributed by atoms with Gasteiger partial charge in [0, 0.05) is 29.2 Å². The third-order valence-electron chi connectivity index (χ3n) is 3.70. The van der Waals surface area contributed by atoms with Crippen molar-refractivity contribution >= 4 is 22.1 Å². The molecule has 1 atom stereocenters. The Morgan fingerprint density at radius 2 is 2.12 bits per heavy atom. The molecular weight excluding hydrogens is 210 g/mol. The lowest BCUT2D eigenvalue weighted by Gasteiger charge is -2.12. The van der Waals surface area contributed by atoms with Crippen molar-refractivity contribution < 1.29 is 0 Å². The summed E-state index contributed by atoms with van der Waals surface area (Å²) in [6.45, 7) is 4.54. The molecule has 1 unspecified atom stereocenters. The Morgan fingerprint density at radius 3 is 2.82 bits per heavy atom. The number of nitrogens with one attached hydrogen (secondary N) is 1. The van der Waals surface area contributed by atoms with Crippen molar-refractivity contribution in [3.8, 4) is 0 Å². The summed E-state index contributed by atoms with van der Waals surface area (Å²) in [5.74, 6) is 0. The van der Waals surface area contributed by atoms with Crippen LogP contribution in [-0.4, -0.2) is 11.0 Å². The van der Waals surface area contributed by atoms with Crippen molar-refractivity contribution in [2.75, 3.05) is 11.1 Å². The fourth-order valence-corrected chi connectivity index (χ4v) is 2.22. The highest BCUT2D eigenvalue weighted by molar-refractivity contribution is 5.98. The van der Waals surface area contributed by atoms with Gasteiger partial charge in [-0.15, -0.1) is 0 Å². The van der Waals surface area contributed by atoms with Gasteiger partial charge in [-0.05, 0) is 24.0 Å². The SMILES string of the molecule is CC1(C)CC1Nc1ccc2cnccc2c1N. The second kappa shape index (κ2) is 3.36. The predicted molar refractivity (Wildman–Crippen MR) is 72.0 cm³/mol. The monoisotopic (exact) mass is 227 g/mol. The highest BCUT2D eigenvalue weighted by Crippen LogP contribution is 2.47. The predicted octanol–water partition coefficient (Wildman–Crippen LogP) is 3.03. The molecule has 0 bridgehead atoms. The lowest BCUT2D eigenvalue weighted by atomic mass is 10.1. The minimum Gasteiger partial charge on any atom is -0.397 e. The molecule has 1 aliphatic carbocycles. The van der Waals surface area contributed by atoms with Crippen molar-refractivity contribution in [3.63, 3.8) is 0 Å². The first-order valence-corrected chi connectivity index (χ1v) is 5.97. The molecule has 0 amide bonds. The number of pyridine rings is 1. The molecule has 0 spiro atoms. The van der Waals surface area contributed by atoms with Gasteiger partial charge in [-0.2, -0.15) is 0 Å². The average molecular weight is 227 g/mol. The molecule has 88 valence electrons. The number of hydrogen-bond acceptors (Lipinski definition) is 3. The molecule has 0 aliphatic heterocycles. The Labute approximate surface area is 101 Å². The molecule has 1 saturated carbocycles. The van der Waals surface area contributed by atoms with Crippen LogP contribution in [0.5, 0.6) is 0 Å². The molecule has 1 fully saturated rings. The average Bonchev–Trinajstić information content (AvgIpc) is 2.91. The van der Waals surface area contributed by atoms with Gasteiger partial charge in [0.2, 0.25) is 0 Å². The van der Waals surface area contributed by atoms with Crippen molar-refractivity contribution in [3.05, 3.63) is 30.6 Å². The van der Waals surface area contributed by atoms with Gasteiger partial charge in [0.1, 0.15) is 0 Å². The fraction of sp³-hybridized carbons (Fsp3) is 0.357. The molecule has 1 aromatic carbocycles. The van der Waals surface area contributed by atoms with Crippen LogP contribution in [0, 0.1) is 5.41 Å². The highest BCUT2D eigenvalue weighted by atomic mass is 15.0. The summed E-state index contributed by atoms with van der Waals surface area (Å²) in [6.07, 6.45) is 4.83. The van der Waals surface area contributed by atoms with Crippen molar-refractivity contribution in [2.24, 2.45) is 5.41 Å². The zero-order valence-electron chi connectivity index (χ0n) is 10.2. The van der Waals surface area contributed by atoms with Crippen molar-refractivity contribution in [1.82, 2.24) is 4.98 Å². The topological polar surface area (TPSA) is 50.9 Å². The molecule has 1 aromatic heterocycles. The molecular formula is C14H17N3. The molecule has 0 saturated heterocycles. The number of benzene rings is 1. The molecule has 1 aliphatic rings. The summed E-state index contributed by atoms with van der Waals surface area (Å²) in [7, 11) is 0. The summed E-state index contributed by atoms with van der Waals surface area (Å²) >= 11 is 0. The Hall–Kier alpha value is -1.77. The van der Waals surface area contributed by atoms with Crippen LogP contribution in [0.15, 0.2) is 30.6 Å². The third kappa shape index (κ3) is 1.71. The second-order valence-corrected chi connectivity index (χ2v) is 5.51. The molecule has 17 heavy (non-hydrogen) atoms. The van der Waals surface area contributed by atoms with E-state index in [1.807, 2.05) is 18.3 Å². The number of aromatic nitrogens is 1. The molecule has 3 heteroatoms. The Balaban J connectivity index is 1.98. The lowest BCUT2D eigenvalue weighted by molar-refractivity contribution is 0.631. The largest absolute Gasteiger partial charge is 0.397 e. The van der Waals surface area contributed by atoms with Crippen molar-refractivity contribution in [2.45, 2.75) is 26.3 Å². The van der Waals surface area contributed by atoms with E-state index in [1.54, 1.807) is 6.20 Å². The Morgan fingerprint density at radius 1 is 1.35 bits per heavy atom. The zero-order chi connectivity index (χ0) is 12.0. The van der Waals surface area contributed by atoms with Gasteiger partial charge in [-0.25, -0.2) is 0 Å². The van der Waals surface area contributed by atoms with E-state index in [0.717, 1.165) is 22.1 Å². The van der Waals surface area contributed by atoms with Crippen LogP contribution < -0.4 is 11.1 Å². The molecule has 1 heterocycles. The van der Waals surface area contributed by atoms with Gasteiger partial charge >= 0.3 is 0 Å². The summed E-state index contributed by atoms with van der Waals surface area (Å²) in [6, 6.07) is 6.63. The minimum absolute atomic E-state index is 0.402. The molecule has 2 aromatic rings. The first kappa shape index (κ1) is 10.4. The molecule has 3 rings (SSSR count). The van der Waals surface area contributed by atoms with Gasteiger partial charge in [0.15, 0.2) is 0 Å². The summed E-state index contributed by atoms with van der Waals surface area (Å²) in [5.41, 5.74) is 8.46. The van der Waals surface area contributed by atoms with Crippen LogP contribution in [0.2, 0.25) is 0 Å². The van der Waals surface area contributed by atoms with Crippen LogP contribution in [0.25, 0.3) is 10.8 Å². The van der Waals surface area contributed by atoms with E-state index < -0.39 is 0 Å². The number of nitrogen functional groups attached to an aromatic ring is 1. The van der Waals surface area contributed by atoms with Crippen LogP contribution in [-0.2, 0) is 0 Å². The number of nitrogens with two attached hydrogens (primary N) is 1. The first-order valence-electron chi connectivity index (χ1n) is 5.97. The number of fused-ring (bicyclic) bond motifs is 1. The quantitative estimate of drug-likeness (QED) is 0.775. The normalized spacial score (nSPS) is 21.4. The van der Waals surface area contributed by atoms with E-state index in [9.17, 15) is 0 Å². The van der Waals surface area contributed by atoms with Gasteiger partial charge in [-0.1, -0.05) is 19.9 Å². The Kier molecular flexibility index (Phi) is 2.05. The van der Waals surface area contributed by atoms with Gasteiger partial charge in [0.05, 0.1) is 11.4 Å². The Bertz CT molecular complexity index is 575. The van der Waals surface area contributed by atoms with Crippen LogP contribution in [0.3, 0.4) is 0 Å².